The van der Waals surface area contributed by atoms with Crippen LogP contribution < -0.4 is 10.5 Å². The highest BCUT2D eigenvalue weighted by molar-refractivity contribution is 9.10. The number of ether oxygens (including phenoxy) is 1. The van der Waals surface area contributed by atoms with Gasteiger partial charge in [-0.25, -0.2) is 0 Å². The molecule has 0 aromatic carbocycles. The van der Waals surface area contributed by atoms with Crippen molar-refractivity contribution in [2.24, 2.45) is 5.73 Å². The second-order valence-electron chi connectivity index (χ2n) is 3.20. The lowest BCUT2D eigenvalue weighted by molar-refractivity contribution is 0.405. The molecule has 0 saturated carbocycles. The fraction of sp³-hybridized carbons (Fsp3) is 0.182. The molecule has 1 atom stereocenters. The minimum atomic E-state index is -0.259. The van der Waals surface area contributed by atoms with Crippen molar-refractivity contribution < 1.29 is 4.74 Å². The summed E-state index contributed by atoms with van der Waals surface area (Å²) in [7, 11) is 1.62. The van der Waals surface area contributed by atoms with E-state index in [-0.39, 0.29) is 6.04 Å². The van der Waals surface area contributed by atoms with Crippen LogP contribution in [0.3, 0.4) is 0 Å². The van der Waals surface area contributed by atoms with E-state index in [1.54, 1.807) is 24.6 Å². The van der Waals surface area contributed by atoms with Crippen molar-refractivity contribution in [3.8, 4) is 5.75 Å². The van der Waals surface area contributed by atoms with Crippen molar-refractivity contribution in [1.29, 1.82) is 0 Å². The van der Waals surface area contributed by atoms with Crippen LogP contribution >= 0.6 is 27.3 Å². The van der Waals surface area contributed by atoms with Gasteiger partial charge in [0.05, 0.1) is 13.2 Å². The summed E-state index contributed by atoms with van der Waals surface area (Å²) in [5, 5.41) is 1.99. The lowest BCUT2D eigenvalue weighted by Gasteiger charge is -2.13. The topological polar surface area (TPSA) is 48.1 Å². The van der Waals surface area contributed by atoms with Gasteiger partial charge in [-0.15, -0.1) is 11.3 Å². The highest BCUT2D eigenvalue weighted by Crippen LogP contribution is 2.33. The molecule has 0 fully saturated rings. The highest BCUT2D eigenvalue weighted by atomic mass is 79.9. The first kappa shape index (κ1) is 11.6. The number of aromatic nitrogens is 1. The van der Waals surface area contributed by atoms with Crippen molar-refractivity contribution in [3.63, 3.8) is 0 Å². The molecular formula is C11H11BrN2OS. The van der Waals surface area contributed by atoms with Crippen LogP contribution in [0.25, 0.3) is 0 Å². The number of nitrogens with two attached hydrogens (primary N) is 1. The van der Waals surface area contributed by atoms with Gasteiger partial charge in [-0.3, -0.25) is 4.98 Å². The zero-order valence-corrected chi connectivity index (χ0v) is 11.1. The SMILES string of the molecule is COc1cccnc1C(N)c1sccc1Br. The zero-order valence-electron chi connectivity index (χ0n) is 8.68. The van der Waals surface area contributed by atoms with Crippen LogP contribution in [0.15, 0.2) is 34.2 Å². The Labute approximate surface area is 106 Å². The van der Waals surface area contributed by atoms with Crippen LogP contribution in [-0.2, 0) is 0 Å². The number of nitrogens with zero attached hydrogens (tertiary/aromatic N) is 1. The molecule has 2 N–H and O–H groups in total. The van der Waals surface area contributed by atoms with Gasteiger partial charge in [-0.2, -0.15) is 0 Å². The smallest absolute Gasteiger partial charge is 0.142 e. The summed E-state index contributed by atoms with van der Waals surface area (Å²) in [5.41, 5.74) is 6.93. The number of pyridine rings is 1. The van der Waals surface area contributed by atoms with Gasteiger partial charge in [0.15, 0.2) is 0 Å². The van der Waals surface area contributed by atoms with Gasteiger partial charge in [-0.05, 0) is 39.5 Å². The van der Waals surface area contributed by atoms with Crippen LogP contribution in [0.5, 0.6) is 5.75 Å². The van der Waals surface area contributed by atoms with E-state index >= 15 is 0 Å². The first-order valence-electron chi connectivity index (χ1n) is 4.71. The fourth-order valence-corrected chi connectivity index (χ4v) is 3.08. The van der Waals surface area contributed by atoms with Gasteiger partial charge in [0, 0.05) is 15.5 Å². The van der Waals surface area contributed by atoms with Crippen molar-refractivity contribution in [1.82, 2.24) is 4.98 Å². The molecule has 16 heavy (non-hydrogen) atoms. The van der Waals surface area contributed by atoms with Gasteiger partial charge in [0.25, 0.3) is 0 Å². The van der Waals surface area contributed by atoms with E-state index < -0.39 is 0 Å². The molecule has 0 aliphatic rings. The molecule has 2 heterocycles. The minimum Gasteiger partial charge on any atom is -0.495 e. The largest absolute Gasteiger partial charge is 0.495 e. The Morgan fingerprint density at radius 1 is 1.50 bits per heavy atom. The van der Waals surface area contributed by atoms with Gasteiger partial charge in [0.1, 0.15) is 11.4 Å². The molecule has 2 rings (SSSR count). The van der Waals surface area contributed by atoms with Crippen LogP contribution in [0.1, 0.15) is 16.6 Å². The molecule has 0 amide bonds. The summed E-state index contributed by atoms with van der Waals surface area (Å²) in [6, 6.07) is 5.42. The van der Waals surface area contributed by atoms with Crippen LogP contribution in [0, 0.1) is 0 Å². The third-order valence-corrected chi connectivity index (χ3v) is 4.20. The predicted molar refractivity (Wildman–Crippen MR) is 68.8 cm³/mol. The Kier molecular flexibility index (Phi) is 3.58. The molecule has 1 unspecified atom stereocenters. The summed E-state index contributed by atoms with van der Waals surface area (Å²) in [4.78, 5) is 5.34. The molecule has 0 radical (unpaired) electrons. The number of thiophene rings is 1. The number of hydrogen-bond acceptors (Lipinski definition) is 4. The first-order chi connectivity index (χ1) is 7.74. The number of methoxy groups -OCH3 is 1. The van der Waals surface area contributed by atoms with Crippen molar-refractivity contribution >= 4 is 27.3 Å². The van der Waals surface area contributed by atoms with Gasteiger partial charge < -0.3 is 10.5 Å². The number of rotatable bonds is 3. The molecule has 3 nitrogen and oxygen atoms in total. The van der Waals surface area contributed by atoms with Crippen molar-refractivity contribution in [2.75, 3.05) is 7.11 Å². The maximum absolute atomic E-state index is 6.18. The highest BCUT2D eigenvalue weighted by Gasteiger charge is 2.18. The Morgan fingerprint density at radius 3 is 2.94 bits per heavy atom. The van der Waals surface area contributed by atoms with Gasteiger partial charge in [-0.1, -0.05) is 0 Å². The third kappa shape index (κ3) is 2.11. The van der Waals surface area contributed by atoms with E-state index in [1.165, 1.54) is 0 Å². The van der Waals surface area contributed by atoms with Gasteiger partial charge in [0.2, 0.25) is 0 Å². The zero-order chi connectivity index (χ0) is 11.5. The quantitative estimate of drug-likeness (QED) is 0.948. The molecular weight excluding hydrogens is 288 g/mol. The number of halogens is 1. The van der Waals surface area contributed by atoms with E-state index in [0.717, 1.165) is 20.8 Å². The summed E-state index contributed by atoms with van der Waals surface area (Å²) in [6.07, 6.45) is 1.72. The number of hydrogen-bond donors (Lipinski definition) is 1. The second-order valence-corrected chi connectivity index (χ2v) is 5.00. The molecule has 0 aliphatic carbocycles. The van der Waals surface area contributed by atoms with Crippen molar-refractivity contribution in [3.05, 3.63) is 44.8 Å². The average molecular weight is 299 g/mol. The molecule has 84 valence electrons. The van der Waals surface area contributed by atoms with E-state index in [2.05, 4.69) is 20.9 Å². The summed E-state index contributed by atoms with van der Waals surface area (Å²) < 4.78 is 6.26. The van der Waals surface area contributed by atoms with E-state index in [1.807, 2.05) is 23.6 Å². The molecule has 0 aliphatic heterocycles. The fourth-order valence-electron chi connectivity index (χ4n) is 1.46. The van der Waals surface area contributed by atoms with Crippen LogP contribution in [0.2, 0.25) is 0 Å². The monoisotopic (exact) mass is 298 g/mol. The lowest BCUT2D eigenvalue weighted by Crippen LogP contribution is -2.13. The Bertz CT molecular complexity index is 486. The Morgan fingerprint density at radius 2 is 2.31 bits per heavy atom. The van der Waals surface area contributed by atoms with Gasteiger partial charge >= 0.3 is 0 Å². The Balaban J connectivity index is 2.41. The summed E-state index contributed by atoms with van der Waals surface area (Å²) in [5.74, 6) is 0.718. The first-order valence-corrected chi connectivity index (χ1v) is 6.38. The molecule has 5 heteroatoms. The molecule has 0 spiro atoms. The minimum absolute atomic E-state index is 0.259. The molecule has 2 aromatic heterocycles. The lowest BCUT2D eigenvalue weighted by atomic mass is 10.1. The van der Waals surface area contributed by atoms with E-state index in [4.69, 9.17) is 10.5 Å². The molecule has 2 aromatic rings. The van der Waals surface area contributed by atoms with E-state index in [9.17, 15) is 0 Å². The van der Waals surface area contributed by atoms with E-state index in [0.29, 0.717) is 0 Å². The molecule has 0 saturated heterocycles. The predicted octanol–water partition coefficient (Wildman–Crippen LogP) is 2.96. The summed E-state index contributed by atoms with van der Waals surface area (Å²) >= 11 is 5.08. The third-order valence-electron chi connectivity index (χ3n) is 2.24. The maximum Gasteiger partial charge on any atom is 0.142 e. The molecule has 0 bridgehead atoms. The van der Waals surface area contributed by atoms with Crippen molar-refractivity contribution in [2.45, 2.75) is 6.04 Å². The second kappa shape index (κ2) is 4.95. The standard InChI is InChI=1S/C11H11BrN2OS/c1-15-8-3-2-5-14-10(8)9(13)11-7(12)4-6-16-11/h2-6,9H,13H2,1H3. The Hall–Kier alpha value is -0.910. The maximum atomic E-state index is 6.18. The average Bonchev–Trinajstić information content (AvgIpc) is 2.74. The normalized spacial score (nSPS) is 12.4. The summed E-state index contributed by atoms with van der Waals surface area (Å²) in [6.45, 7) is 0. The van der Waals surface area contributed by atoms with Crippen LogP contribution in [0.4, 0.5) is 0 Å². The van der Waals surface area contributed by atoms with Crippen LogP contribution in [-0.4, -0.2) is 12.1 Å².